The molecule has 0 aliphatic heterocycles. The number of H-pyrrole nitrogens is 1. The maximum atomic E-state index is 12.2. The highest BCUT2D eigenvalue weighted by Gasteiger charge is 2.17. The van der Waals surface area contributed by atoms with Crippen molar-refractivity contribution in [3.63, 3.8) is 0 Å². The lowest BCUT2D eigenvalue weighted by Crippen LogP contribution is -2.27. The molecule has 0 saturated carbocycles. The molecular formula is C16H21N3O4S. The standard InChI is InChI=1S/C16H21N3O4S/c1-4-14(23-3)10-24(21,22)19-13-7-5-6-12(9-13)16-17-11(2)8-15(20)18-16/h5-9,14,19H,4,10H2,1-3H3,(H,17,18,20). The number of aromatic nitrogens is 2. The SMILES string of the molecule is CCC(CS(=O)(=O)Nc1cccc(-c2nc(C)cc(=O)[nH]2)c1)OC. The van der Waals surface area contributed by atoms with Crippen molar-refractivity contribution in [1.82, 2.24) is 9.97 Å². The van der Waals surface area contributed by atoms with E-state index in [0.717, 1.165) is 0 Å². The summed E-state index contributed by atoms with van der Waals surface area (Å²) >= 11 is 0. The Morgan fingerprint density at radius 3 is 2.71 bits per heavy atom. The molecule has 0 aliphatic carbocycles. The van der Waals surface area contributed by atoms with Gasteiger partial charge in [0.2, 0.25) is 10.0 Å². The number of anilines is 1. The number of aryl methyl sites for hydroxylation is 1. The smallest absolute Gasteiger partial charge is 0.251 e. The van der Waals surface area contributed by atoms with E-state index in [1.54, 1.807) is 31.2 Å². The van der Waals surface area contributed by atoms with Crippen molar-refractivity contribution in [2.75, 3.05) is 17.6 Å². The van der Waals surface area contributed by atoms with Gasteiger partial charge in [0.15, 0.2) is 0 Å². The van der Waals surface area contributed by atoms with E-state index in [1.807, 2.05) is 6.92 Å². The highest BCUT2D eigenvalue weighted by Crippen LogP contribution is 2.20. The number of aromatic amines is 1. The second kappa shape index (κ2) is 7.59. The Hall–Kier alpha value is -2.19. The van der Waals surface area contributed by atoms with Gasteiger partial charge in [0.1, 0.15) is 5.82 Å². The van der Waals surface area contributed by atoms with E-state index < -0.39 is 10.0 Å². The van der Waals surface area contributed by atoms with Crippen LogP contribution in [0.3, 0.4) is 0 Å². The Kier molecular flexibility index (Phi) is 5.74. The number of hydrogen-bond acceptors (Lipinski definition) is 5. The molecule has 1 aromatic carbocycles. The summed E-state index contributed by atoms with van der Waals surface area (Å²) in [5.41, 5.74) is 1.36. The van der Waals surface area contributed by atoms with Crippen LogP contribution in [-0.2, 0) is 14.8 Å². The lowest BCUT2D eigenvalue weighted by Gasteiger charge is -2.15. The average molecular weight is 351 g/mol. The van der Waals surface area contributed by atoms with Crippen molar-refractivity contribution >= 4 is 15.7 Å². The highest BCUT2D eigenvalue weighted by molar-refractivity contribution is 7.92. The van der Waals surface area contributed by atoms with E-state index in [0.29, 0.717) is 29.2 Å². The third-order valence-corrected chi connectivity index (χ3v) is 4.83. The summed E-state index contributed by atoms with van der Waals surface area (Å²) in [5, 5.41) is 0. The third-order valence-electron chi connectivity index (χ3n) is 3.47. The summed E-state index contributed by atoms with van der Waals surface area (Å²) in [4.78, 5) is 18.5. The molecule has 0 radical (unpaired) electrons. The average Bonchev–Trinajstić information content (AvgIpc) is 2.51. The highest BCUT2D eigenvalue weighted by atomic mass is 32.2. The molecule has 2 N–H and O–H groups in total. The van der Waals surface area contributed by atoms with Crippen LogP contribution in [-0.4, -0.2) is 37.4 Å². The predicted molar refractivity (Wildman–Crippen MR) is 93.5 cm³/mol. The van der Waals surface area contributed by atoms with Crippen LogP contribution in [0.2, 0.25) is 0 Å². The predicted octanol–water partition coefficient (Wildman–Crippen LogP) is 1.91. The van der Waals surface area contributed by atoms with Crippen LogP contribution in [0.1, 0.15) is 19.0 Å². The van der Waals surface area contributed by atoms with E-state index in [9.17, 15) is 13.2 Å². The zero-order valence-electron chi connectivity index (χ0n) is 13.9. The topological polar surface area (TPSA) is 101 Å². The Balaban J connectivity index is 2.26. The molecule has 0 bridgehead atoms. The molecule has 8 heteroatoms. The molecule has 1 unspecified atom stereocenters. The number of nitrogens with one attached hydrogen (secondary N) is 2. The van der Waals surface area contributed by atoms with Gasteiger partial charge in [-0.2, -0.15) is 0 Å². The number of sulfonamides is 1. The maximum absolute atomic E-state index is 12.2. The van der Waals surface area contributed by atoms with Gasteiger partial charge < -0.3 is 9.72 Å². The fourth-order valence-electron chi connectivity index (χ4n) is 2.26. The summed E-state index contributed by atoms with van der Waals surface area (Å²) in [6.45, 7) is 3.59. The lowest BCUT2D eigenvalue weighted by atomic mass is 10.2. The molecule has 1 heterocycles. The maximum Gasteiger partial charge on any atom is 0.251 e. The molecule has 2 rings (SSSR count). The van der Waals surface area contributed by atoms with Crippen molar-refractivity contribution in [3.05, 3.63) is 46.4 Å². The van der Waals surface area contributed by atoms with Crippen molar-refractivity contribution in [3.8, 4) is 11.4 Å². The summed E-state index contributed by atoms with van der Waals surface area (Å²) in [6, 6.07) is 8.11. The number of hydrogen-bond donors (Lipinski definition) is 2. The first kappa shape index (κ1) is 18.2. The summed E-state index contributed by atoms with van der Waals surface area (Å²) in [5.74, 6) is 0.272. The zero-order valence-corrected chi connectivity index (χ0v) is 14.7. The fraction of sp³-hybridized carbons (Fsp3) is 0.375. The van der Waals surface area contributed by atoms with Gasteiger partial charge in [0.05, 0.1) is 11.9 Å². The third kappa shape index (κ3) is 4.90. The van der Waals surface area contributed by atoms with Crippen molar-refractivity contribution < 1.29 is 13.2 Å². The number of benzene rings is 1. The van der Waals surface area contributed by atoms with Gasteiger partial charge in [-0.3, -0.25) is 9.52 Å². The molecule has 0 amide bonds. The Bertz CT molecular complexity index is 858. The Morgan fingerprint density at radius 2 is 2.08 bits per heavy atom. The van der Waals surface area contributed by atoms with E-state index in [2.05, 4.69) is 14.7 Å². The Morgan fingerprint density at radius 1 is 1.33 bits per heavy atom. The number of nitrogens with zero attached hydrogens (tertiary/aromatic N) is 1. The van der Waals surface area contributed by atoms with Gasteiger partial charge in [-0.1, -0.05) is 19.1 Å². The van der Waals surface area contributed by atoms with Crippen LogP contribution in [0, 0.1) is 6.92 Å². The van der Waals surface area contributed by atoms with Gasteiger partial charge in [-0.15, -0.1) is 0 Å². The fourth-order valence-corrected chi connectivity index (χ4v) is 3.69. The number of rotatable bonds is 7. The van der Waals surface area contributed by atoms with Crippen LogP contribution in [0.15, 0.2) is 35.1 Å². The van der Waals surface area contributed by atoms with Gasteiger partial charge in [-0.05, 0) is 25.5 Å². The van der Waals surface area contributed by atoms with E-state index in [-0.39, 0.29) is 17.4 Å². The number of methoxy groups -OCH3 is 1. The monoisotopic (exact) mass is 351 g/mol. The van der Waals surface area contributed by atoms with Crippen LogP contribution < -0.4 is 10.3 Å². The normalized spacial score (nSPS) is 12.8. The minimum atomic E-state index is -3.54. The summed E-state index contributed by atoms with van der Waals surface area (Å²) < 4.78 is 32.1. The molecule has 130 valence electrons. The van der Waals surface area contributed by atoms with Crippen molar-refractivity contribution in [1.29, 1.82) is 0 Å². The van der Waals surface area contributed by atoms with Gasteiger partial charge >= 0.3 is 0 Å². The van der Waals surface area contributed by atoms with Gasteiger partial charge in [0, 0.05) is 30.1 Å². The molecule has 1 aromatic heterocycles. The van der Waals surface area contributed by atoms with Crippen molar-refractivity contribution in [2.24, 2.45) is 0 Å². The summed E-state index contributed by atoms with van der Waals surface area (Å²) in [7, 11) is -2.05. The second-order valence-corrected chi connectivity index (χ2v) is 7.23. The summed E-state index contributed by atoms with van der Waals surface area (Å²) in [6.07, 6.45) is 0.242. The lowest BCUT2D eigenvalue weighted by molar-refractivity contribution is 0.117. The second-order valence-electron chi connectivity index (χ2n) is 5.47. The van der Waals surface area contributed by atoms with E-state index in [1.165, 1.54) is 13.2 Å². The molecule has 2 aromatic rings. The molecule has 0 fully saturated rings. The minimum absolute atomic E-state index is 0.121. The molecular weight excluding hydrogens is 330 g/mol. The quantitative estimate of drug-likeness (QED) is 0.793. The first-order valence-electron chi connectivity index (χ1n) is 7.54. The number of ether oxygens (including phenoxy) is 1. The first-order valence-corrected chi connectivity index (χ1v) is 9.20. The first-order chi connectivity index (χ1) is 11.3. The Labute approximate surface area is 141 Å². The van der Waals surface area contributed by atoms with Crippen LogP contribution in [0.5, 0.6) is 0 Å². The van der Waals surface area contributed by atoms with Gasteiger partial charge in [0.25, 0.3) is 5.56 Å². The molecule has 24 heavy (non-hydrogen) atoms. The molecule has 0 aliphatic rings. The van der Waals surface area contributed by atoms with E-state index in [4.69, 9.17) is 4.74 Å². The largest absolute Gasteiger partial charge is 0.380 e. The molecule has 7 nitrogen and oxygen atoms in total. The van der Waals surface area contributed by atoms with Crippen LogP contribution >= 0.6 is 0 Å². The minimum Gasteiger partial charge on any atom is -0.380 e. The van der Waals surface area contributed by atoms with E-state index >= 15 is 0 Å². The van der Waals surface area contributed by atoms with Crippen LogP contribution in [0.25, 0.3) is 11.4 Å². The van der Waals surface area contributed by atoms with Crippen molar-refractivity contribution in [2.45, 2.75) is 26.4 Å². The van der Waals surface area contributed by atoms with Crippen LogP contribution in [0.4, 0.5) is 5.69 Å². The molecule has 0 saturated heterocycles. The molecule has 1 atom stereocenters. The zero-order chi connectivity index (χ0) is 17.7. The molecule has 0 spiro atoms. The van der Waals surface area contributed by atoms with Gasteiger partial charge in [-0.25, -0.2) is 13.4 Å².